The Balaban J connectivity index is 1.77. The average Bonchev–Trinajstić information content (AvgIpc) is 2.64. The van der Waals surface area contributed by atoms with Crippen LogP contribution in [0.15, 0.2) is 53.6 Å². The van der Waals surface area contributed by atoms with Crippen LogP contribution in [-0.4, -0.2) is 22.1 Å². The number of rotatable bonds is 6. The minimum atomic E-state index is -0.491. The molecule has 0 aliphatic carbocycles. The van der Waals surface area contributed by atoms with Crippen LogP contribution >= 0.6 is 0 Å². The van der Waals surface area contributed by atoms with Gasteiger partial charge in [-0.05, 0) is 36.8 Å². The summed E-state index contributed by atoms with van der Waals surface area (Å²) >= 11 is 0. The highest BCUT2D eigenvalue weighted by Gasteiger charge is 2.09. The topological polar surface area (TPSA) is 70.4 Å². The van der Waals surface area contributed by atoms with Crippen LogP contribution in [-0.2, 0) is 22.7 Å². The summed E-state index contributed by atoms with van der Waals surface area (Å²) in [5.74, 6) is -0.255. The molecule has 134 valence electrons. The fourth-order valence-corrected chi connectivity index (χ4v) is 2.43. The highest BCUT2D eigenvalue weighted by molar-refractivity contribution is 5.79. The zero-order valence-corrected chi connectivity index (χ0v) is 14.1. The van der Waals surface area contributed by atoms with Crippen molar-refractivity contribution >= 4 is 16.9 Å². The van der Waals surface area contributed by atoms with Gasteiger partial charge in [0.25, 0.3) is 5.56 Å². The SMILES string of the molecule is CCOC(=O)Cn1cnc2cc(OCc3ccc(F)cc3)ccc2c1=O. The van der Waals surface area contributed by atoms with Gasteiger partial charge in [-0.15, -0.1) is 0 Å². The molecule has 0 bridgehead atoms. The van der Waals surface area contributed by atoms with E-state index in [2.05, 4.69) is 4.98 Å². The summed E-state index contributed by atoms with van der Waals surface area (Å²) in [5, 5.41) is 0.380. The molecule has 3 aromatic rings. The fourth-order valence-electron chi connectivity index (χ4n) is 2.43. The molecule has 0 atom stereocenters. The van der Waals surface area contributed by atoms with E-state index in [1.54, 1.807) is 37.3 Å². The van der Waals surface area contributed by atoms with Crippen molar-refractivity contribution in [1.82, 2.24) is 9.55 Å². The van der Waals surface area contributed by atoms with Gasteiger partial charge in [0.05, 0.1) is 23.8 Å². The molecular weight excluding hydrogens is 339 g/mol. The molecule has 0 N–H and O–H groups in total. The van der Waals surface area contributed by atoms with Crippen LogP contribution in [0.2, 0.25) is 0 Å². The van der Waals surface area contributed by atoms with Gasteiger partial charge in [-0.3, -0.25) is 14.2 Å². The third-order valence-corrected chi connectivity index (χ3v) is 3.72. The summed E-state index contributed by atoms with van der Waals surface area (Å²) in [5.41, 5.74) is 0.962. The van der Waals surface area contributed by atoms with Crippen LogP contribution in [0, 0.1) is 5.82 Å². The molecule has 0 radical (unpaired) electrons. The van der Waals surface area contributed by atoms with Crippen molar-refractivity contribution in [3.63, 3.8) is 0 Å². The first-order chi connectivity index (χ1) is 12.6. The third-order valence-electron chi connectivity index (χ3n) is 3.72. The molecule has 0 fully saturated rings. The van der Waals surface area contributed by atoms with Gasteiger partial charge in [-0.1, -0.05) is 12.1 Å². The second-order valence-electron chi connectivity index (χ2n) is 5.58. The number of ether oxygens (including phenoxy) is 2. The van der Waals surface area contributed by atoms with Crippen molar-refractivity contribution in [2.24, 2.45) is 0 Å². The van der Waals surface area contributed by atoms with Crippen LogP contribution in [0.1, 0.15) is 12.5 Å². The predicted octanol–water partition coefficient (Wildman–Crippen LogP) is 2.68. The Morgan fingerprint density at radius 2 is 1.96 bits per heavy atom. The second kappa shape index (κ2) is 7.77. The molecule has 0 aliphatic heterocycles. The Morgan fingerprint density at radius 1 is 1.19 bits per heavy atom. The van der Waals surface area contributed by atoms with Gasteiger partial charge < -0.3 is 9.47 Å². The zero-order valence-electron chi connectivity index (χ0n) is 14.1. The Labute approximate surface area is 148 Å². The van der Waals surface area contributed by atoms with Crippen molar-refractivity contribution < 1.29 is 18.7 Å². The smallest absolute Gasteiger partial charge is 0.326 e. The number of aromatic nitrogens is 2. The maximum Gasteiger partial charge on any atom is 0.326 e. The van der Waals surface area contributed by atoms with Crippen LogP contribution in [0.25, 0.3) is 10.9 Å². The van der Waals surface area contributed by atoms with Crippen molar-refractivity contribution in [3.8, 4) is 5.75 Å². The largest absolute Gasteiger partial charge is 0.489 e. The number of nitrogens with zero attached hydrogens (tertiary/aromatic N) is 2. The van der Waals surface area contributed by atoms with Crippen LogP contribution in [0.3, 0.4) is 0 Å². The molecule has 0 spiro atoms. The predicted molar refractivity (Wildman–Crippen MR) is 93.4 cm³/mol. The van der Waals surface area contributed by atoms with E-state index in [0.29, 0.717) is 16.7 Å². The van der Waals surface area contributed by atoms with Crippen LogP contribution < -0.4 is 10.3 Å². The van der Waals surface area contributed by atoms with Crippen molar-refractivity contribution in [3.05, 3.63) is 70.5 Å². The minimum Gasteiger partial charge on any atom is -0.489 e. The molecule has 26 heavy (non-hydrogen) atoms. The van der Waals surface area contributed by atoms with E-state index in [1.165, 1.54) is 23.0 Å². The summed E-state index contributed by atoms with van der Waals surface area (Å²) < 4.78 is 24.6. The van der Waals surface area contributed by atoms with Gasteiger partial charge in [-0.25, -0.2) is 9.37 Å². The molecular formula is C19H17FN2O4. The van der Waals surface area contributed by atoms with Crippen LogP contribution in [0.5, 0.6) is 5.75 Å². The zero-order chi connectivity index (χ0) is 18.5. The molecule has 1 heterocycles. The number of hydrogen-bond acceptors (Lipinski definition) is 5. The molecule has 0 aliphatic rings. The summed E-state index contributed by atoms with van der Waals surface area (Å²) in [4.78, 5) is 28.2. The first-order valence-corrected chi connectivity index (χ1v) is 8.09. The number of esters is 1. The molecule has 0 saturated carbocycles. The molecule has 0 saturated heterocycles. The summed E-state index contributed by atoms with van der Waals surface area (Å²) in [6, 6.07) is 10.9. The van der Waals surface area contributed by atoms with Gasteiger partial charge in [-0.2, -0.15) is 0 Å². The van der Waals surface area contributed by atoms with Crippen molar-refractivity contribution in [2.75, 3.05) is 6.61 Å². The van der Waals surface area contributed by atoms with Gasteiger partial charge in [0.2, 0.25) is 0 Å². The van der Waals surface area contributed by atoms with Gasteiger partial charge >= 0.3 is 5.97 Å². The fraction of sp³-hybridized carbons (Fsp3) is 0.211. The van der Waals surface area contributed by atoms with E-state index in [-0.39, 0.29) is 31.1 Å². The lowest BCUT2D eigenvalue weighted by Gasteiger charge is -2.09. The molecule has 6 nitrogen and oxygen atoms in total. The van der Waals surface area contributed by atoms with Gasteiger partial charge in [0.15, 0.2) is 0 Å². The van der Waals surface area contributed by atoms with E-state index < -0.39 is 5.97 Å². The first kappa shape index (κ1) is 17.6. The second-order valence-corrected chi connectivity index (χ2v) is 5.58. The van der Waals surface area contributed by atoms with Crippen molar-refractivity contribution in [1.29, 1.82) is 0 Å². The quantitative estimate of drug-likeness (QED) is 0.635. The number of benzene rings is 2. The van der Waals surface area contributed by atoms with E-state index in [1.807, 2.05) is 0 Å². The lowest BCUT2D eigenvalue weighted by atomic mass is 10.2. The molecule has 0 amide bonds. The lowest BCUT2D eigenvalue weighted by molar-refractivity contribution is -0.143. The van der Waals surface area contributed by atoms with E-state index >= 15 is 0 Å². The monoisotopic (exact) mass is 356 g/mol. The van der Waals surface area contributed by atoms with E-state index in [9.17, 15) is 14.0 Å². The number of fused-ring (bicyclic) bond motifs is 1. The number of carbonyl (C=O) groups excluding carboxylic acids is 1. The molecule has 0 unspecified atom stereocenters. The van der Waals surface area contributed by atoms with E-state index in [4.69, 9.17) is 9.47 Å². The number of halogens is 1. The third kappa shape index (κ3) is 4.05. The Morgan fingerprint density at radius 3 is 2.69 bits per heavy atom. The maximum absolute atomic E-state index is 12.9. The summed E-state index contributed by atoms with van der Waals surface area (Å²) in [6.07, 6.45) is 1.31. The lowest BCUT2D eigenvalue weighted by Crippen LogP contribution is -2.25. The normalized spacial score (nSPS) is 10.7. The summed E-state index contributed by atoms with van der Waals surface area (Å²) in [7, 11) is 0. The van der Waals surface area contributed by atoms with Crippen molar-refractivity contribution in [2.45, 2.75) is 20.1 Å². The summed E-state index contributed by atoms with van der Waals surface area (Å²) in [6.45, 7) is 2.04. The average molecular weight is 356 g/mol. The molecule has 1 aromatic heterocycles. The molecule has 3 rings (SSSR count). The Bertz CT molecular complexity index is 983. The highest BCUT2D eigenvalue weighted by atomic mass is 19.1. The standard InChI is InChI=1S/C19H17FN2O4/c1-2-25-18(23)10-22-12-21-17-9-15(7-8-16(17)19(22)24)26-11-13-3-5-14(20)6-4-13/h3-9,12H,2,10-11H2,1H3. The maximum atomic E-state index is 12.9. The molecule has 2 aromatic carbocycles. The molecule has 7 heteroatoms. The van der Waals surface area contributed by atoms with E-state index in [0.717, 1.165) is 5.56 Å². The van der Waals surface area contributed by atoms with Gasteiger partial charge in [0.1, 0.15) is 24.7 Å². The van der Waals surface area contributed by atoms with Crippen LogP contribution in [0.4, 0.5) is 4.39 Å². The van der Waals surface area contributed by atoms with Gasteiger partial charge in [0, 0.05) is 6.07 Å². The minimum absolute atomic E-state index is 0.182. The highest BCUT2D eigenvalue weighted by Crippen LogP contribution is 2.18. The first-order valence-electron chi connectivity index (χ1n) is 8.09. The Hall–Kier alpha value is -3.22. The number of hydrogen-bond donors (Lipinski definition) is 0. The Kier molecular flexibility index (Phi) is 5.26. The number of carbonyl (C=O) groups is 1.